The first kappa shape index (κ1) is 15.8. The van der Waals surface area contributed by atoms with Gasteiger partial charge in [-0.15, -0.1) is 0 Å². The highest BCUT2D eigenvalue weighted by Crippen LogP contribution is 2.13. The number of benzene rings is 2. The highest BCUT2D eigenvalue weighted by atomic mass is 14.9. The van der Waals surface area contributed by atoms with Crippen molar-refractivity contribution in [1.82, 2.24) is 5.32 Å². The molecule has 112 valence electrons. The van der Waals surface area contributed by atoms with Gasteiger partial charge in [0.25, 0.3) is 0 Å². The molecule has 0 fully saturated rings. The standard InChI is InChI=1S/C20H27N/c1-4-10-21-20(14-18-8-6-5-7-9-18)15-19-12-16(2)11-17(3)13-19/h5-9,11-13,20-21H,4,10,14-15H2,1-3H3. The number of nitrogens with one attached hydrogen (secondary N) is 1. The first-order valence-corrected chi connectivity index (χ1v) is 8.02. The Bertz CT molecular complexity index is 525. The quantitative estimate of drug-likeness (QED) is 0.790. The van der Waals surface area contributed by atoms with Crippen molar-refractivity contribution in [2.45, 2.75) is 46.1 Å². The van der Waals surface area contributed by atoms with Gasteiger partial charge >= 0.3 is 0 Å². The van der Waals surface area contributed by atoms with E-state index in [0.29, 0.717) is 6.04 Å². The minimum absolute atomic E-state index is 0.508. The van der Waals surface area contributed by atoms with Crippen LogP contribution in [-0.4, -0.2) is 12.6 Å². The van der Waals surface area contributed by atoms with Crippen LogP contribution in [-0.2, 0) is 12.8 Å². The first-order chi connectivity index (χ1) is 10.2. The van der Waals surface area contributed by atoms with Crippen molar-refractivity contribution < 1.29 is 0 Å². The van der Waals surface area contributed by atoms with Gasteiger partial charge in [-0.05, 0) is 50.8 Å². The molecule has 0 aliphatic heterocycles. The van der Waals surface area contributed by atoms with Gasteiger partial charge in [-0.1, -0.05) is 66.6 Å². The van der Waals surface area contributed by atoms with Crippen LogP contribution in [0.2, 0.25) is 0 Å². The summed E-state index contributed by atoms with van der Waals surface area (Å²) in [5.74, 6) is 0. The Morgan fingerprint density at radius 2 is 1.48 bits per heavy atom. The molecule has 1 heteroatoms. The van der Waals surface area contributed by atoms with Crippen molar-refractivity contribution in [3.05, 3.63) is 70.8 Å². The summed E-state index contributed by atoms with van der Waals surface area (Å²) in [7, 11) is 0. The van der Waals surface area contributed by atoms with Gasteiger partial charge in [-0.25, -0.2) is 0 Å². The molecule has 0 aliphatic carbocycles. The van der Waals surface area contributed by atoms with Gasteiger partial charge < -0.3 is 5.32 Å². The lowest BCUT2D eigenvalue weighted by atomic mass is 9.96. The average molecular weight is 281 g/mol. The van der Waals surface area contributed by atoms with Crippen LogP contribution in [0.3, 0.4) is 0 Å². The minimum atomic E-state index is 0.508. The molecular formula is C20H27N. The molecule has 21 heavy (non-hydrogen) atoms. The van der Waals surface area contributed by atoms with Gasteiger partial charge in [0.05, 0.1) is 0 Å². The van der Waals surface area contributed by atoms with E-state index >= 15 is 0 Å². The predicted octanol–water partition coefficient (Wildman–Crippen LogP) is 4.46. The Kier molecular flexibility index (Phi) is 6.01. The number of hydrogen-bond acceptors (Lipinski definition) is 1. The van der Waals surface area contributed by atoms with Crippen molar-refractivity contribution >= 4 is 0 Å². The lowest BCUT2D eigenvalue weighted by Gasteiger charge is -2.19. The van der Waals surface area contributed by atoms with Gasteiger partial charge in [0.15, 0.2) is 0 Å². The lowest BCUT2D eigenvalue weighted by Crippen LogP contribution is -2.33. The Hall–Kier alpha value is -1.60. The van der Waals surface area contributed by atoms with Crippen molar-refractivity contribution in [2.24, 2.45) is 0 Å². The van der Waals surface area contributed by atoms with Crippen LogP contribution in [0.4, 0.5) is 0 Å². The highest BCUT2D eigenvalue weighted by molar-refractivity contribution is 5.29. The largest absolute Gasteiger partial charge is 0.313 e. The van der Waals surface area contributed by atoms with Gasteiger partial charge in [0.1, 0.15) is 0 Å². The first-order valence-electron chi connectivity index (χ1n) is 8.02. The van der Waals surface area contributed by atoms with E-state index < -0.39 is 0 Å². The molecule has 2 aromatic carbocycles. The van der Waals surface area contributed by atoms with Crippen LogP contribution < -0.4 is 5.32 Å². The molecule has 2 aromatic rings. The Morgan fingerprint density at radius 1 is 0.857 bits per heavy atom. The maximum absolute atomic E-state index is 3.71. The molecule has 0 bridgehead atoms. The van der Waals surface area contributed by atoms with E-state index in [1.807, 2.05) is 0 Å². The predicted molar refractivity (Wildman–Crippen MR) is 91.8 cm³/mol. The summed E-state index contributed by atoms with van der Waals surface area (Å²) in [6.07, 6.45) is 3.36. The van der Waals surface area contributed by atoms with E-state index in [-0.39, 0.29) is 0 Å². The summed E-state index contributed by atoms with van der Waals surface area (Å²) in [4.78, 5) is 0. The fourth-order valence-corrected chi connectivity index (χ4v) is 2.93. The Labute approximate surface area is 129 Å². The van der Waals surface area contributed by atoms with E-state index in [1.54, 1.807) is 0 Å². The fraction of sp³-hybridized carbons (Fsp3) is 0.400. The normalized spacial score (nSPS) is 12.3. The Balaban J connectivity index is 2.08. The zero-order valence-corrected chi connectivity index (χ0v) is 13.5. The average Bonchev–Trinajstić information content (AvgIpc) is 2.45. The monoisotopic (exact) mass is 281 g/mol. The number of hydrogen-bond donors (Lipinski definition) is 1. The molecule has 0 saturated carbocycles. The van der Waals surface area contributed by atoms with Crippen LogP contribution >= 0.6 is 0 Å². The van der Waals surface area contributed by atoms with Crippen LogP contribution in [0.15, 0.2) is 48.5 Å². The van der Waals surface area contributed by atoms with E-state index in [2.05, 4.69) is 74.6 Å². The van der Waals surface area contributed by atoms with Crippen molar-refractivity contribution in [3.8, 4) is 0 Å². The minimum Gasteiger partial charge on any atom is -0.313 e. The Morgan fingerprint density at radius 3 is 2.10 bits per heavy atom. The van der Waals surface area contributed by atoms with E-state index in [4.69, 9.17) is 0 Å². The zero-order chi connectivity index (χ0) is 15.1. The van der Waals surface area contributed by atoms with Crippen molar-refractivity contribution in [1.29, 1.82) is 0 Å². The van der Waals surface area contributed by atoms with Crippen molar-refractivity contribution in [3.63, 3.8) is 0 Å². The maximum atomic E-state index is 3.71. The third kappa shape index (κ3) is 5.35. The second-order valence-electron chi connectivity index (χ2n) is 6.04. The second-order valence-corrected chi connectivity index (χ2v) is 6.04. The lowest BCUT2D eigenvalue weighted by molar-refractivity contribution is 0.504. The molecule has 0 aromatic heterocycles. The number of rotatable bonds is 7. The molecule has 1 N–H and O–H groups in total. The highest BCUT2D eigenvalue weighted by Gasteiger charge is 2.10. The maximum Gasteiger partial charge on any atom is 0.0148 e. The zero-order valence-electron chi connectivity index (χ0n) is 13.5. The van der Waals surface area contributed by atoms with E-state index in [9.17, 15) is 0 Å². The molecule has 0 amide bonds. The fourth-order valence-electron chi connectivity index (χ4n) is 2.93. The summed E-state index contributed by atoms with van der Waals surface area (Å²) in [5.41, 5.74) is 5.57. The molecule has 2 rings (SSSR count). The summed E-state index contributed by atoms with van der Waals surface area (Å²) in [6.45, 7) is 7.68. The van der Waals surface area contributed by atoms with Gasteiger partial charge in [-0.2, -0.15) is 0 Å². The van der Waals surface area contributed by atoms with E-state index in [0.717, 1.165) is 19.4 Å². The van der Waals surface area contributed by atoms with E-state index in [1.165, 1.54) is 28.7 Å². The summed E-state index contributed by atoms with van der Waals surface area (Å²) in [5, 5.41) is 3.71. The molecule has 1 nitrogen and oxygen atoms in total. The molecule has 1 atom stereocenters. The molecular weight excluding hydrogens is 254 g/mol. The van der Waals surface area contributed by atoms with Gasteiger partial charge in [-0.3, -0.25) is 0 Å². The van der Waals surface area contributed by atoms with Gasteiger partial charge in [0, 0.05) is 6.04 Å². The molecule has 0 aliphatic rings. The molecule has 0 saturated heterocycles. The summed E-state index contributed by atoms with van der Waals surface area (Å²) < 4.78 is 0. The molecule has 0 heterocycles. The topological polar surface area (TPSA) is 12.0 Å². The van der Waals surface area contributed by atoms with Gasteiger partial charge in [0.2, 0.25) is 0 Å². The van der Waals surface area contributed by atoms with Crippen molar-refractivity contribution in [2.75, 3.05) is 6.54 Å². The second kappa shape index (κ2) is 7.99. The third-order valence-corrected chi connectivity index (χ3v) is 3.77. The van der Waals surface area contributed by atoms with Crippen LogP contribution in [0.5, 0.6) is 0 Å². The summed E-state index contributed by atoms with van der Waals surface area (Å²) in [6, 6.07) is 18.2. The molecule has 0 spiro atoms. The molecule has 0 radical (unpaired) electrons. The van der Waals surface area contributed by atoms with Crippen LogP contribution in [0.1, 0.15) is 35.6 Å². The SMILES string of the molecule is CCCNC(Cc1ccccc1)Cc1cc(C)cc(C)c1. The van der Waals surface area contributed by atoms with Crippen LogP contribution in [0.25, 0.3) is 0 Å². The molecule has 1 unspecified atom stereocenters. The summed E-state index contributed by atoms with van der Waals surface area (Å²) >= 11 is 0. The van der Waals surface area contributed by atoms with Crippen LogP contribution in [0, 0.1) is 13.8 Å². The smallest absolute Gasteiger partial charge is 0.0148 e. The third-order valence-electron chi connectivity index (χ3n) is 3.77. The number of aryl methyl sites for hydroxylation is 2.